The lowest BCUT2D eigenvalue weighted by Gasteiger charge is -2.23. The zero-order valence-corrected chi connectivity index (χ0v) is 13.0. The molecule has 1 aliphatic rings. The highest BCUT2D eigenvalue weighted by molar-refractivity contribution is 5.90. The highest BCUT2D eigenvalue weighted by atomic mass is 16.4. The molecule has 1 aliphatic carbocycles. The van der Waals surface area contributed by atoms with Crippen molar-refractivity contribution in [2.24, 2.45) is 11.8 Å². The molecule has 1 saturated carbocycles. The summed E-state index contributed by atoms with van der Waals surface area (Å²) in [7, 11) is 0. The van der Waals surface area contributed by atoms with Crippen molar-refractivity contribution in [1.82, 2.24) is 10.6 Å². The van der Waals surface area contributed by atoms with Crippen molar-refractivity contribution in [2.45, 2.75) is 65.0 Å². The van der Waals surface area contributed by atoms with Gasteiger partial charge in [0.1, 0.15) is 12.1 Å². The Balaban J connectivity index is 2.52. The van der Waals surface area contributed by atoms with Crippen LogP contribution in [-0.4, -0.2) is 35.0 Å². The average Bonchev–Trinajstić information content (AvgIpc) is 2.97. The summed E-state index contributed by atoms with van der Waals surface area (Å²) in [5, 5.41) is 14.3. The monoisotopic (exact) mass is 298 g/mol. The lowest BCUT2D eigenvalue weighted by Crippen LogP contribution is -2.53. The molecule has 3 N–H and O–H groups in total. The van der Waals surface area contributed by atoms with E-state index in [4.69, 9.17) is 5.11 Å². The number of carboxylic acid groups (broad SMARTS) is 1. The Morgan fingerprint density at radius 1 is 1.14 bits per heavy atom. The summed E-state index contributed by atoms with van der Waals surface area (Å²) in [6, 6.07) is -1.64. The fourth-order valence-electron chi connectivity index (χ4n) is 2.55. The van der Waals surface area contributed by atoms with Crippen LogP contribution in [0.2, 0.25) is 0 Å². The van der Waals surface area contributed by atoms with Crippen molar-refractivity contribution in [3.8, 4) is 0 Å². The first-order valence-corrected chi connectivity index (χ1v) is 7.70. The Labute approximate surface area is 125 Å². The van der Waals surface area contributed by atoms with Crippen LogP contribution in [0.5, 0.6) is 0 Å². The van der Waals surface area contributed by atoms with E-state index in [2.05, 4.69) is 10.6 Å². The van der Waals surface area contributed by atoms with Crippen LogP contribution >= 0.6 is 0 Å². The van der Waals surface area contributed by atoms with Gasteiger partial charge in [-0.1, -0.05) is 33.1 Å². The van der Waals surface area contributed by atoms with Gasteiger partial charge in [0.15, 0.2) is 0 Å². The summed E-state index contributed by atoms with van der Waals surface area (Å²) < 4.78 is 0. The maximum atomic E-state index is 12.0. The molecule has 1 unspecified atom stereocenters. The Hall–Kier alpha value is -1.59. The first kappa shape index (κ1) is 17.5. The van der Waals surface area contributed by atoms with Gasteiger partial charge in [-0.3, -0.25) is 9.59 Å². The van der Waals surface area contributed by atoms with Crippen LogP contribution in [0.3, 0.4) is 0 Å². The number of aliphatic carboxylic acids is 1. The average molecular weight is 298 g/mol. The molecular formula is C15H26N2O4. The third-order valence-electron chi connectivity index (χ3n) is 4.25. The van der Waals surface area contributed by atoms with Crippen molar-refractivity contribution >= 4 is 17.8 Å². The molecule has 3 atom stereocenters. The van der Waals surface area contributed by atoms with E-state index < -0.39 is 24.0 Å². The van der Waals surface area contributed by atoms with Crippen molar-refractivity contribution in [3.05, 3.63) is 0 Å². The molecule has 0 radical (unpaired) electrons. The number of carbonyl (C=O) groups is 3. The lowest BCUT2D eigenvalue weighted by molar-refractivity contribution is -0.143. The molecular weight excluding hydrogens is 272 g/mol. The predicted octanol–water partition coefficient (Wildman–Crippen LogP) is 1.30. The van der Waals surface area contributed by atoms with E-state index in [0.29, 0.717) is 6.42 Å². The molecule has 1 fully saturated rings. The summed E-state index contributed by atoms with van der Waals surface area (Å²) in [5.41, 5.74) is 0. The van der Waals surface area contributed by atoms with Crippen LogP contribution in [0.4, 0.5) is 0 Å². The molecule has 0 aromatic rings. The minimum Gasteiger partial charge on any atom is -0.480 e. The van der Waals surface area contributed by atoms with Crippen molar-refractivity contribution < 1.29 is 19.5 Å². The number of amides is 2. The Bertz CT molecular complexity index is 391. The van der Waals surface area contributed by atoms with Gasteiger partial charge < -0.3 is 15.7 Å². The Kier molecular flexibility index (Phi) is 6.65. The van der Waals surface area contributed by atoms with Gasteiger partial charge in [0, 0.05) is 5.92 Å². The van der Waals surface area contributed by atoms with Crippen LogP contribution in [0.1, 0.15) is 52.9 Å². The maximum Gasteiger partial charge on any atom is 0.326 e. The molecule has 0 heterocycles. The van der Waals surface area contributed by atoms with Crippen LogP contribution in [0, 0.1) is 11.8 Å². The molecule has 6 nitrogen and oxygen atoms in total. The second kappa shape index (κ2) is 8.00. The lowest BCUT2D eigenvalue weighted by atomic mass is 9.99. The first-order valence-electron chi connectivity index (χ1n) is 7.70. The van der Waals surface area contributed by atoms with Crippen LogP contribution in [0.25, 0.3) is 0 Å². The Morgan fingerprint density at radius 2 is 1.71 bits per heavy atom. The van der Waals surface area contributed by atoms with E-state index in [-0.39, 0.29) is 17.7 Å². The third-order valence-corrected chi connectivity index (χ3v) is 4.25. The highest BCUT2D eigenvalue weighted by Gasteiger charge is 2.29. The van der Waals surface area contributed by atoms with Gasteiger partial charge in [0.2, 0.25) is 11.8 Å². The molecule has 0 aliphatic heterocycles. The molecule has 0 saturated heterocycles. The molecule has 2 amide bonds. The molecule has 21 heavy (non-hydrogen) atoms. The summed E-state index contributed by atoms with van der Waals surface area (Å²) in [5.74, 6) is -1.78. The molecule has 0 bridgehead atoms. The van der Waals surface area contributed by atoms with Crippen molar-refractivity contribution in [2.75, 3.05) is 0 Å². The number of carbonyl (C=O) groups excluding carboxylic acids is 2. The van der Waals surface area contributed by atoms with Gasteiger partial charge in [-0.2, -0.15) is 0 Å². The normalized spacial score (nSPS) is 19.6. The van der Waals surface area contributed by atoms with E-state index in [9.17, 15) is 14.4 Å². The SMILES string of the molecule is CC[C@H](C)[C@H](NC(=O)C(C)NC(=O)C1CCCC1)C(=O)O. The van der Waals surface area contributed by atoms with Crippen LogP contribution < -0.4 is 10.6 Å². The standard InChI is InChI=1S/C15H26N2O4/c1-4-9(2)12(15(20)21)17-13(18)10(3)16-14(19)11-7-5-6-8-11/h9-12H,4-8H2,1-3H3,(H,16,19)(H,17,18)(H,20,21)/t9-,10?,12-/m0/s1. The van der Waals surface area contributed by atoms with E-state index in [1.54, 1.807) is 13.8 Å². The predicted molar refractivity (Wildman–Crippen MR) is 78.6 cm³/mol. The minimum absolute atomic E-state index is 0.00918. The zero-order chi connectivity index (χ0) is 16.0. The van der Waals surface area contributed by atoms with Crippen LogP contribution in [-0.2, 0) is 14.4 Å². The topological polar surface area (TPSA) is 95.5 Å². The molecule has 6 heteroatoms. The van der Waals surface area contributed by atoms with E-state index in [1.807, 2.05) is 6.92 Å². The minimum atomic E-state index is -1.05. The van der Waals surface area contributed by atoms with Crippen LogP contribution in [0.15, 0.2) is 0 Å². The zero-order valence-electron chi connectivity index (χ0n) is 13.0. The van der Waals surface area contributed by atoms with Gasteiger partial charge in [0.05, 0.1) is 0 Å². The highest BCUT2D eigenvalue weighted by Crippen LogP contribution is 2.24. The number of hydrogen-bond donors (Lipinski definition) is 3. The summed E-state index contributed by atoms with van der Waals surface area (Å²) in [6.07, 6.45) is 4.48. The van der Waals surface area contributed by atoms with Crippen molar-refractivity contribution in [1.29, 1.82) is 0 Å². The largest absolute Gasteiger partial charge is 0.480 e. The smallest absolute Gasteiger partial charge is 0.326 e. The van der Waals surface area contributed by atoms with E-state index in [1.165, 1.54) is 0 Å². The number of rotatable bonds is 7. The summed E-state index contributed by atoms with van der Waals surface area (Å²) in [4.78, 5) is 35.2. The summed E-state index contributed by atoms with van der Waals surface area (Å²) >= 11 is 0. The van der Waals surface area contributed by atoms with Crippen molar-refractivity contribution in [3.63, 3.8) is 0 Å². The third kappa shape index (κ3) is 5.02. The summed E-state index contributed by atoms with van der Waals surface area (Å²) in [6.45, 7) is 5.23. The van der Waals surface area contributed by atoms with E-state index in [0.717, 1.165) is 25.7 Å². The van der Waals surface area contributed by atoms with Gasteiger partial charge >= 0.3 is 5.97 Å². The first-order chi connectivity index (χ1) is 9.86. The fourth-order valence-corrected chi connectivity index (χ4v) is 2.55. The maximum absolute atomic E-state index is 12.0. The number of hydrogen-bond acceptors (Lipinski definition) is 3. The van der Waals surface area contributed by atoms with E-state index >= 15 is 0 Å². The Morgan fingerprint density at radius 3 is 2.19 bits per heavy atom. The molecule has 1 rings (SSSR count). The second-order valence-corrected chi connectivity index (χ2v) is 5.92. The molecule has 120 valence electrons. The van der Waals surface area contributed by atoms with Gasteiger partial charge in [-0.15, -0.1) is 0 Å². The van der Waals surface area contributed by atoms with Gasteiger partial charge in [0.25, 0.3) is 0 Å². The fraction of sp³-hybridized carbons (Fsp3) is 0.800. The number of nitrogens with one attached hydrogen (secondary N) is 2. The quantitative estimate of drug-likeness (QED) is 0.660. The van der Waals surface area contributed by atoms with Gasteiger partial charge in [-0.05, 0) is 25.7 Å². The molecule has 0 aromatic carbocycles. The molecule has 0 spiro atoms. The molecule has 0 aromatic heterocycles. The van der Waals surface area contributed by atoms with Gasteiger partial charge in [-0.25, -0.2) is 4.79 Å². The number of carboxylic acids is 1. The second-order valence-electron chi connectivity index (χ2n) is 5.92.